The zero-order valence-corrected chi connectivity index (χ0v) is 12.7. The van der Waals surface area contributed by atoms with E-state index in [-0.39, 0.29) is 11.6 Å². The quantitative estimate of drug-likeness (QED) is 0.860. The lowest BCUT2D eigenvalue weighted by atomic mass is 9.99. The molecule has 0 aliphatic carbocycles. The summed E-state index contributed by atoms with van der Waals surface area (Å²) >= 11 is 0. The third-order valence-electron chi connectivity index (χ3n) is 2.88. The largest absolute Gasteiger partial charge is 0.493 e. The zero-order chi connectivity index (χ0) is 14.6. The highest BCUT2D eigenvalue weighted by molar-refractivity contribution is 5.43. The average molecular weight is 267 g/mol. The molecule has 2 N–H and O–H groups in total. The van der Waals surface area contributed by atoms with Crippen LogP contribution in [0.2, 0.25) is 0 Å². The number of nitrogens with one attached hydrogen (secondary N) is 1. The summed E-state index contributed by atoms with van der Waals surface area (Å²) in [6.45, 7) is 8.19. The lowest BCUT2D eigenvalue weighted by Crippen LogP contribution is -2.44. The highest BCUT2D eigenvalue weighted by Gasteiger charge is 2.22. The van der Waals surface area contributed by atoms with Gasteiger partial charge in [0.05, 0.1) is 20.3 Å². The van der Waals surface area contributed by atoms with Gasteiger partial charge in [-0.2, -0.15) is 0 Å². The van der Waals surface area contributed by atoms with Gasteiger partial charge in [0, 0.05) is 11.6 Å². The second-order valence-corrected chi connectivity index (χ2v) is 5.74. The van der Waals surface area contributed by atoms with Gasteiger partial charge in [0.25, 0.3) is 0 Å². The Morgan fingerprint density at radius 3 is 2.16 bits per heavy atom. The average Bonchev–Trinajstić information content (AvgIpc) is 2.34. The standard InChI is InChI=1S/C15H25NO3/c1-10(16-15(2,3)4)14(17)11-7-8-12(18-5)13(9-11)19-6/h7-10,14,16-17H,1-6H3. The molecule has 0 aliphatic rings. The van der Waals surface area contributed by atoms with Crippen molar-refractivity contribution in [1.82, 2.24) is 5.32 Å². The van der Waals surface area contributed by atoms with Crippen molar-refractivity contribution in [3.63, 3.8) is 0 Å². The van der Waals surface area contributed by atoms with Crippen LogP contribution >= 0.6 is 0 Å². The Labute approximate surface area is 115 Å². The van der Waals surface area contributed by atoms with Crippen LogP contribution in [0.25, 0.3) is 0 Å². The van der Waals surface area contributed by atoms with E-state index in [2.05, 4.69) is 26.1 Å². The molecule has 0 saturated carbocycles. The first kappa shape index (κ1) is 15.8. The molecule has 0 fully saturated rings. The van der Waals surface area contributed by atoms with Crippen LogP contribution in [0.3, 0.4) is 0 Å². The molecule has 1 rings (SSSR count). The smallest absolute Gasteiger partial charge is 0.161 e. The van der Waals surface area contributed by atoms with Gasteiger partial charge in [-0.15, -0.1) is 0 Å². The Bertz CT molecular complexity index is 412. The highest BCUT2D eigenvalue weighted by atomic mass is 16.5. The van der Waals surface area contributed by atoms with E-state index in [1.807, 2.05) is 19.1 Å². The Hall–Kier alpha value is -1.26. The summed E-state index contributed by atoms with van der Waals surface area (Å²) in [5.41, 5.74) is 0.763. The predicted molar refractivity (Wildman–Crippen MR) is 76.9 cm³/mol. The van der Waals surface area contributed by atoms with Gasteiger partial charge in [-0.3, -0.25) is 0 Å². The topological polar surface area (TPSA) is 50.7 Å². The normalized spacial score (nSPS) is 14.9. The van der Waals surface area contributed by atoms with Crippen molar-refractivity contribution >= 4 is 0 Å². The molecule has 2 unspecified atom stereocenters. The van der Waals surface area contributed by atoms with Gasteiger partial charge in [-0.1, -0.05) is 6.07 Å². The first-order valence-corrected chi connectivity index (χ1v) is 6.46. The molecule has 0 spiro atoms. The lowest BCUT2D eigenvalue weighted by Gasteiger charge is -2.29. The number of rotatable bonds is 5. The second-order valence-electron chi connectivity index (χ2n) is 5.74. The maximum atomic E-state index is 10.4. The molecular weight excluding hydrogens is 242 g/mol. The highest BCUT2D eigenvalue weighted by Crippen LogP contribution is 2.31. The van der Waals surface area contributed by atoms with Gasteiger partial charge >= 0.3 is 0 Å². The summed E-state index contributed by atoms with van der Waals surface area (Å²) in [5, 5.41) is 13.7. The van der Waals surface area contributed by atoms with Crippen LogP contribution in [0.5, 0.6) is 11.5 Å². The zero-order valence-electron chi connectivity index (χ0n) is 12.7. The fourth-order valence-corrected chi connectivity index (χ4v) is 2.09. The second kappa shape index (κ2) is 6.26. The van der Waals surface area contributed by atoms with Gasteiger partial charge < -0.3 is 19.9 Å². The Balaban J connectivity index is 2.90. The van der Waals surface area contributed by atoms with E-state index in [0.717, 1.165) is 5.56 Å². The van der Waals surface area contributed by atoms with Crippen LogP contribution < -0.4 is 14.8 Å². The van der Waals surface area contributed by atoms with Crippen LogP contribution in [-0.4, -0.2) is 30.9 Å². The first-order valence-electron chi connectivity index (χ1n) is 6.46. The van der Waals surface area contributed by atoms with Crippen LogP contribution in [0.1, 0.15) is 39.4 Å². The molecule has 108 valence electrons. The van der Waals surface area contributed by atoms with Crippen molar-refractivity contribution in [2.75, 3.05) is 14.2 Å². The van der Waals surface area contributed by atoms with E-state index in [4.69, 9.17) is 9.47 Å². The van der Waals surface area contributed by atoms with Crippen LogP contribution in [0.15, 0.2) is 18.2 Å². The van der Waals surface area contributed by atoms with E-state index >= 15 is 0 Å². The van der Waals surface area contributed by atoms with Gasteiger partial charge in [0.15, 0.2) is 11.5 Å². The SMILES string of the molecule is COc1ccc(C(O)C(C)NC(C)(C)C)cc1OC. The van der Waals surface area contributed by atoms with E-state index in [1.165, 1.54) is 0 Å². The van der Waals surface area contributed by atoms with Crippen molar-refractivity contribution in [3.8, 4) is 11.5 Å². The summed E-state index contributed by atoms with van der Waals surface area (Å²) in [5.74, 6) is 1.29. The Morgan fingerprint density at radius 2 is 1.68 bits per heavy atom. The fraction of sp³-hybridized carbons (Fsp3) is 0.600. The van der Waals surface area contributed by atoms with Crippen molar-refractivity contribution in [2.24, 2.45) is 0 Å². The molecule has 4 heteroatoms. The maximum Gasteiger partial charge on any atom is 0.161 e. The molecule has 0 radical (unpaired) electrons. The van der Waals surface area contributed by atoms with Crippen LogP contribution in [-0.2, 0) is 0 Å². The molecule has 1 aromatic carbocycles. The predicted octanol–water partition coefficient (Wildman–Crippen LogP) is 2.51. The number of aliphatic hydroxyl groups is 1. The summed E-state index contributed by atoms with van der Waals surface area (Å²) in [6, 6.07) is 5.41. The molecule has 0 heterocycles. The van der Waals surface area contributed by atoms with Gasteiger partial charge in [-0.05, 0) is 45.4 Å². The van der Waals surface area contributed by atoms with E-state index in [1.54, 1.807) is 20.3 Å². The van der Waals surface area contributed by atoms with Crippen molar-refractivity contribution in [1.29, 1.82) is 0 Å². The molecular formula is C15H25NO3. The number of benzene rings is 1. The third-order valence-corrected chi connectivity index (χ3v) is 2.88. The summed E-state index contributed by atoms with van der Waals surface area (Å²) < 4.78 is 10.4. The van der Waals surface area contributed by atoms with Gasteiger partial charge in [-0.25, -0.2) is 0 Å². The molecule has 19 heavy (non-hydrogen) atoms. The lowest BCUT2D eigenvalue weighted by molar-refractivity contribution is 0.121. The Morgan fingerprint density at radius 1 is 1.11 bits per heavy atom. The number of aliphatic hydroxyl groups excluding tert-OH is 1. The minimum Gasteiger partial charge on any atom is -0.493 e. The molecule has 0 aromatic heterocycles. The number of hydrogen-bond donors (Lipinski definition) is 2. The maximum absolute atomic E-state index is 10.4. The van der Waals surface area contributed by atoms with Crippen molar-refractivity contribution in [2.45, 2.75) is 45.4 Å². The van der Waals surface area contributed by atoms with E-state index in [9.17, 15) is 5.11 Å². The van der Waals surface area contributed by atoms with Crippen molar-refractivity contribution in [3.05, 3.63) is 23.8 Å². The van der Waals surface area contributed by atoms with Gasteiger partial charge in [0.1, 0.15) is 0 Å². The number of methoxy groups -OCH3 is 2. The molecule has 1 aromatic rings. The van der Waals surface area contributed by atoms with Crippen molar-refractivity contribution < 1.29 is 14.6 Å². The van der Waals surface area contributed by atoms with E-state index < -0.39 is 6.10 Å². The third kappa shape index (κ3) is 4.40. The summed E-state index contributed by atoms with van der Waals surface area (Å²) in [6.07, 6.45) is -0.598. The molecule has 2 atom stereocenters. The number of ether oxygens (including phenoxy) is 2. The summed E-state index contributed by atoms with van der Waals surface area (Å²) in [7, 11) is 3.18. The Kier molecular flexibility index (Phi) is 5.20. The van der Waals surface area contributed by atoms with Crippen LogP contribution in [0, 0.1) is 0 Å². The van der Waals surface area contributed by atoms with Gasteiger partial charge in [0.2, 0.25) is 0 Å². The number of hydrogen-bond acceptors (Lipinski definition) is 4. The molecule has 0 bridgehead atoms. The minimum absolute atomic E-state index is 0.0447. The first-order chi connectivity index (χ1) is 8.78. The van der Waals surface area contributed by atoms with Crippen LogP contribution in [0.4, 0.5) is 0 Å². The van der Waals surface area contributed by atoms with E-state index in [0.29, 0.717) is 11.5 Å². The fourth-order valence-electron chi connectivity index (χ4n) is 2.09. The molecule has 4 nitrogen and oxygen atoms in total. The molecule has 0 amide bonds. The molecule has 0 aliphatic heterocycles. The summed E-state index contributed by atoms with van der Waals surface area (Å²) in [4.78, 5) is 0. The minimum atomic E-state index is -0.598. The monoisotopic (exact) mass is 267 g/mol. The molecule has 0 saturated heterocycles.